The molecule has 0 bridgehead atoms. The van der Waals surface area contributed by atoms with Gasteiger partial charge in [0.15, 0.2) is 0 Å². The Morgan fingerprint density at radius 1 is 1.43 bits per heavy atom. The van der Waals surface area contributed by atoms with Gasteiger partial charge in [-0.05, 0) is 33.6 Å². The first-order valence-corrected chi connectivity index (χ1v) is 5.66. The van der Waals surface area contributed by atoms with E-state index in [1.807, 2.05) is 0 Å². The molecule has 0 amide bonds. The monoisotopic (exact) mass is 201 g/mol. The molecular formula is C11H23NO2. The Morgan fingerprint density at radius 3 is 2.79 bits per heavy atom. The van der Waals surface area contributed by atoms with E-state index in [2.05, 4.69) is 26.1 Å². The summed E-state index contributed by atoms with van der Waals surface area (Å²) in [6.07, 6.45) is 3.60. The lowest BCUT2D eigenvalue weighted by atomic mass is 10.2. The molecule has 0 aromatic heterocycles. The van der Waals surface area contributed by atoms with E-state index in [1.54, 1.807) is 0 Å². The average Bonchev–Trinajstić information content (AvgIpc) is 2.50. The maximum atomic E-state index is 5.69. The summed E-state index contributed by atoms with van der Waals surface area (Å²) in [5.41, 5.74) is 0. The van der Waals surface area contributed by atoms with Crippen molar-refractivity contribution < 1.29 is 9.47 Å². The van der Waals surface area contributed by atoms with Crippen LogP contribution in [0.15, 0.2) is 0 Å². The molecule has 0 saturated carbocycles. The lowest BCUT2D eigenvalue weighted by molar-refractivity contribution is 0.0505. The molecule has 1 fully saturated rings. The number of ether oxygens (including phenoxy) is 2. The van der Waals surface area contributed by atoms with Crippen molar-refractivity contribution in [3.63, 3.8) is 0 Å². The second kappa shape index (κ2) is 6.38. The van der Waals surface area contributed by atoms with Gasteiger partial charge in [0.25, 0.3) is 0 Å². The molecule has 0 aromatic carbocycles. The zero-order chi connectivity index (χ0) is 10.4. The number of hydrogen-bond acceptors (Lipinski definition) is 3. The molecule has 0 aromatic rings. The summed E-state index contributed by atoms with van der Waals surface area (Å²) in [7, 11) is 0. The molecule has 84 valence electrons. The Kier molecular flexibility index (Phi) is 5.45. The predicted octanol–water partition coefficient (Wildman–Crippen LogP) is 1.57. The molecule has 0 radical (unpaired) electrons. The van der Waals surface area contributed by atoms with Gasteiger partial charge in [0.1, 0.15) is 0 Å². The van der Waals surface area contributed by atoms with Crippen molar-refractivity contribution in [2.24, 2.45) is 0 Å². The van der Waals surface area contributed by atoms with Crippen molar-refractivity contribution in [3.05, 3.63) is 0 Å². The second-order valence-corrected chi connectivity index (χ2v) is 4.27. The summed E-state index contributed by atoms with van der Waals surface area (Å²) < 4.78 is 11.1. The first kappa shape index (κ1) is 12.0. The summed E-state index contributed by atoms with van der Waals surface area (Å²) in [6.45, 7) is 8.93. The first-order valence-electron chi connectivity index (χ1n) is 5.66. The summed E-state index contributed by atoms with van der Waals surface area (Å²) in [6, 6.07) is 0. The van der Waals surface area contributed by atoms with Crippen molar-refractivity contribution in [3.8, 4) is 0 Å². The summed E-state index contributed by atoms with van der Waals surface area (Å²) in [4.78, 5) is 0. The van der Waals surface area contributed by atoms with Crippen LogP contribution in [0.1, 0.15) is 33.6 Å². The third-order valence-corrected chi connectivity index (χ3v) is 2.42. The number of hydrogen-bond donors (Lipinski definition) is 1. The van der Waals surface area contributed by atoms with Crippen LogP contribution in [-0.2, 0) is 9.47 Å². The lowest BCUT2D eigenvalue weighted by Crippen LogP contribution is -2.30. The van der Waals surface area contributed by atoms with Gasteiger partial charge in [0.2, 0.25) is 0 Å². The molecule has 1 heterocycles. The van der Waals surface area contributed by atoms with Crippen LogP contribution in [0.5, 0.6) is 0 Å². The molecular weight excluding hydrogens is 178 g/mol. The maximum Gasteiger partial charge on any atom is 0.0704 e. The van der Waals surface area contributed by atoms with E-state index in [0.29, 0.717) is 18.3 Å². The minimum atomic E-state index is 0.333. The van der Waals surface area contributed by atoms with Crippen LogP contribution in [0.4, 0.5) is 0 Å². The summed E-state index contributed by atoms with van der Waals surface area (Å²) in [5, 5.41) is 3.35. The molecule has 3 heteroatoms. The molecule has 0 spiro atoms. The van der Waals surface area contributed by atoms with E-state index in [9.17, 15) is 0 Å². The van der Waals surface area contributed by atoms with Gasteiger partial charge in [0, 0.05) is 13.1 Å². The highest BCUT2D eigenvalue weighted by atomic mass is 16.5. The Bertz CT molecular complexity index is 150. The molecule has 14 heavy (non-hydrogen) atoms. The van der Waals surface area contributed by atoms with Crippen LogP contribution in [0, 0.1) is 0 Å². The molecule has 2 unspecified atom stereocenters. The van der Waals surface area contributed by atoms with Crippen molar-refractivity contribution in [2.75, 3.05) is 19.7 Å². The van der Waals surface area contributed by atoms with Crippen LogP contribution >= 0.6 is 0 Å². The molecule has 1 N–H and O–H groups in total. The van der Waals surface area contributed by atoms with Gasteiger partial charge in [-0.3, -0.25) is 0 Å². The molecule has 1 aliphatic rings. The van der Waals surface area contributed by atoms with E-state index < -0.39 is 0 Å². The topological polar surface area (TPSA) is 30.5 Å². The van der Waals surface area contributed by atoms with Gasteiger partial charge in [-0.25, -0.2) is 0 Å². The zero-order valence-electron chi connectivity index (χ0n) is 9.58. The minimum absolute atomic E-state index is 0.333. The van der Waals surface area contributed by atoms with E-state index in [0.717, 1.165) is 19.7 Å². The minimum Gasteiger partial charge on any atom is -0.377 e. The van der Waals surface area contributed by atoms with E-state index in [4.69, 9.17) is 9.47 Å². The van der Waals surface area contributed by atoms with Gasteiger partial charge in [-0.15, -0.1) is 0 Å². The molecule has 2 atom stereocenters. The third kappa shape index (κ3) is 4.94. The molecule has 1 rings (SSSR count). The van der Waals surface area contributed by atoms with Crippen molar-refractivity contribution >= 4 is 0 Å². The van der Waals surface area contributed by atoms with Crippen LogP contribution in [0.25, 0.3) is 0 Å². The normalized spacial score (nSPS) is 27.4. The molecule has 0 aliphatic carbocycles. The van der Waals surface area contributed by atoms with Crippen molar-refractivity contribution in [2.45, 2.75) is 51.9 Å². The third-order valence-electron chi connectivity index (χ3n) is 2.42. The largest absolute Gasteiger partial charge is 0.377 e. The number of nitrogens with one attached hydrogen (secondary N) is 1. The Balaban J connectivity index is 1.89. The van der Waals surface area contributed by atoms with Crippen LogP contribution in [0.3, 0.4) is 0 Å². The lowest BCUT2D eigenvalue weighted by Gasteiger charge is -2.13. The van der Waals surface area contributed by atoms with Crippen LogP contribution in [0.2, 0.25) is 0 Å². The van der Waals surface area contributed by atoms with Crippen LogP contribution in [-0.4, -0.2) is 38.0 Å². The number of rotatable bonds is 6. The Labute approximate surface area is 87.2 Å². The van der Waals surface area contributed by atoms with Gasteiger partial charge >= 0.3 is 0 Å². The quantitative estimate of drug-likeness (QED) is 0.662. The predicted molar refractivity (Wildman–Crippen MR) is 57.5 cm³/mol. The van der Waals surface area contributed by atoms with E-state index in [-0.39, 0.29) is 0 Å². The fourth-order valence-electron chi connectivity index (χ4n) is 1.67. The summed E-state index contributed by atoms with van der Waals surface area (Å²) in [5.74, 6) is 0. The second-order valence-electron chi connectivity index (χ2n) is 4.27. The van der Waals surface area contributed by atoms with Gasteiger partial charge in [0.05, 0.1) is 24.9 Å². The highest BCUT2D eigenvalue weighted by Gasteiger charge is 2.20. The molecule has 1 saturated heterocycles. The Morgan fingerprint density at radius 2 is 2.21 bits per heavy atom. The maximum absolute atomic E-state index is 5.69. The van der Waals surface area contributed by atoms with E-state index in [1.165, 1.54) is 12.8 Å². The standard InChI is InChI=1S/C11H23NO2/c1-9(2)13-7-6-12-8-11-5-4-10(3)14-11/h9-12H,4-8H2,1-3H3. The van der Waals surface area contributed by atoms with Gasteiger partial charge in [-0.2, -0.15) is 0 Å². The van der Waals surface area contributed by atoms with Crippen molar-refractivity contribution in [1.82, 2.24) is 5.32 Å². The fraction of sp³-hybridized carbons (Fsp3) is 1.00. The highest BCUT2D eigenvalue weighted by molar-refractivity contribution is 4.72. The van der Waals surface area contributed by atoms with Gasteiger partial charge in [-0.1, -0.05) is 0 Å². The highest BCUT2D eigenvalue weighted by Crippen LogP contribution is 2.17. The molecule has 1 aliphatic heterocycles. The molecule has 3 nitrogen and oxygen atoms in total. The fourth-order valence-corrected chi connectivity index (χ4v) is 1.67. The van der Waals surface area contributed by atoms with Crippen LogP contribution < -0.4 is 5.32 Å². The SMILES string of the molecule is CC(C)OCCNCC1CCC(C)O1. The average molecular weight is 201 g/mol. The van der Waals surface area contributed by atoms with Crippen molar-refractivity contribution in [1.29, 1.82) is 0 Å². The smallest absolute Gasteiger partial charge is 0.0704 e. The zero-order valence-corrected chi connectivity index (χ0v) is 9.58. The van der Waals surface area contributed by atoms with Gasteiger partial charge < -0.3 is 14.8 Å². The van der Waals surface area contributed by atoms with E-state index >= 15 is 0 Å². The summed E-state index contributed by atoms with van der Waals surface area (Å²) >= 11 is 0. The first-order chi connectivity index (χ1) is 6.68. The Hall–Kier alpha value is -0.120.